The Bertz CT molecular complexity index is 777. The number of nitrogens with zero attached hydrogens (tertiary/aromatic N) is 4. The Balaban J connectivity index is 1.78. The molecule has 0 bridgehead atoms. The number of aromatic nitrogens is 2. The van der Waals surface area contributed by atoms with Gasteiger partial charge in [-0.1, -0.05) is 36.4 Å². The van der Waals surface area contributed by atoms with Crippen molar-refractivity contribution in [2.45, 2.75) is 50.4 Å². The highest BCUT2D eigenvalue weighted by molar-refractivity contribution is 5.42. The number of nitriles is 1. The molecule has 1 fully saturated rings. The van der Waals surface area contributed by atoms with Crippen LogP contribution in [0.4, 0.5) is 5.95 Å². The summed E-state index contributed by atoms with van der Waals surface area (Å²) >= 11 is 0. The van der Waals surface area contributed by atoms with Gasteiger partial charge in [0.05, 0.1) is 23.9 Å². The zero-order valence-corrected chi connectivity index (χ0v) is 13.6. The third-order valence-corrected chi connectivity index (χ3v) is 5.22. The first-order valence-corrected chi connectivity index (χ1v) is 8.59. The Morgan fingerprint density at radius 3 is 2.67 bits per heavy atom. The van der Waals surface area contributed by atoms with Crippen molar-refractivity contribution in [1.29, 1.82) is 5.26 Å². The quantitative estimate of drug-likeness (QED) is 0.862. The lowest BCUT2D eigenvalue weighted by molar-refractivity contribution is -0.685. The number of hydrogen-bond acceptors (Lipinski definition) is 4. The van der Waals surface area contributed by atoms with E-state index < -0.39 is 5.72 Å². The summed E-state index contributed by atoms with van der Waals surface area (Å²) in [5.74, 6) is 0.830. The number of aliphatic hydroxyl groups is 1. The van der Waals surface area contributed by atoms with E-state index in [1.807, 2.05) is 29.0 Å². The number of anilines is 1. The normalized spacial score (nSPS) is 23.8. The van der Waals surface area contributed by atoms with Crippen molar-refractivity contribution in [1.82, 2.24) is 4.98 Å². The maximum Gasteiger partial charge on any atom is 0.397 e. The van der Waals surface area contributed by atoms with Gasteiger partial charge in [-0.25, -0.2) is 9.47 Å². The van der Waals surface area contributed by atoms with Crippen molar-refractivity contribution in [2.24, 2.45) is 0 Å². The Labute approximate surface area is 141 Å². The molecule has 1 N–H and O–H groups in total. The predicted molar refractivity (Wildman–Crippen MR) is 88.8 cm³/mol. The van der Waals surface area contributed by atoms with Crippen LogP contribution in [0.15, 0.2) is 42.7 Å². The second-order valence-corrected chi connectivity index (χ2v) is 6.72. The summed E-state index contributed by atoms with van der Waals surface area (Å²) in [5, 5.41) is 20.7. The molecule has 0 radical (unpaired) electrons. The highest BCUT2D eigenvalue weighted by Gasteiger charge is 2.54. The van der Waals surface area contributed by atoms with Crippen LogP contribution < -0.4 is 9.47 Å². The summed E-state index contributed by atoms with van der Waals surface area (Å²) in [6.45, 7) is 0.457. The van der Waals surface area contributed by atoms with Crippen molar-refractivity contribution < 1.29 is 9.67 Å². The summed E-state index contributed by atoms with van der Waals surface area (Å²) in [4.78, 5) is 6.65. The molecule has 0 saturated heterocycles. The summed E-state index contributed by atoms with van der Waals surface area (Å²) in [7, 11) is 0. The molecule has 1 aliphatic heterocycles. The lowest BCUT2D eigenvalue weighted by Gasteiger charge is -2.36. The van der Waals surface area contributed by atoms with Crippen molar-refractivity contribution in [3.05, 3.63) is 53.9 Å². The summed E-state index contributed by atoms with van der Waals surface area (Å²) in [6.07, 6.45) is 9.56. The Morgan fingerprint density at radius 2 is 1.96 bits per heavy atom. The average molecular weight is 321 g/mol. The minimum Gasteiger partial charge on any atom is -0.353 e. The summed E-state index contributed by atoms with van der Waals surface area (Å²) in [6, 6.07) is 11.6. The molecule has 1 saturated carbocycles. The Kier molecular flexibility index (Phi) is 3.70. The fourth-order valence-corrected chi connectivity index (χ4v) is 4.04. The molecule has 0 amide bonds. The minimum absolute atomic E-state index is 0.294. The van der Waals surface area contributed by atoms with Crippen LogP contribution in [0, 0.1) is 11.3 Å². The molecule has 5 heteroatoms. The molecular formula is C19H21N4O+. The van der Waals surface area contributed by atoms with Gasteiger partial charge in [0, 0.05) is 11.6 Å². The molecule has 2 aromatic rings. The Morgan fingerprint density at radius 1 is 1.21 bits per heavy atom. The van der Waals surface area contributed by atoms with E-state index >= 15 is 0 Å². The fraction of sp³-hybridized carbons (Fsp3) is 0.421. The SMILES string of the molecule is N#Cc1ccc(C2(O)C[n+]3cccnc3N2C2CCCCC2)cc1. The van der Waals surface area contributed by atoms with E-state index in [1.165, 1.54) is 19.3 Å². The third-order valence-electron chi connectivity index (χ3n) is 5.22. The maximum atomic E-state index is 11.6. The van der Waals surface area contributed by atoms with Gasteiger partial charge < -0.3 is 5.11 Å². The van der Waals surface area contributed by atoms with E-state index in [2.05, 4.69) is 16.0 Å². The zero-order chi connectivity index (χ0) is 16.6. The van der Waals surface area contributed by atoms with Crippen LogP contribution in [-0.2, 0) is 12.3 Å². The number of benzene rings is 1. The molecule has 1 atom stereocenters. The van der Waals surface area contributed by atoms with Gasteiger partial charge in [-0.2, -0.15) is 5.26 Å². The third kappa shape index (κ3) is 2.35. The van der Waals surface area contributed by atoms with Crippen molar-refractivity contribution in [2.75, 3.05) is 4.90 Å². The van der Waals surface area contributed by atoms with Crippen LogP contribution in [0.25, 0.3) is 0 Å². The van der Waals surface area contributed by atoms with E-state index in [-0.39, 0.29) is 0 Å². The second kappa shape index (κ2) is 5.88. The average Bonchev–Trinajstić information content (AvgIpc) is 2.95. The Hall–Kier alpha value is -2.45. The highest BCUT2D eigenvalue weighted by Crippen LogP contribution is 2.39. The second-order valence-electron chi connectivity index (χ2n) is 6.72. The summed E-state index contributed by atoms with van der Waals surface area (Å²) in [5.41, 5.74) is 0.308. The smallest absolute Gasteiger partial charge is 0.353 e. The van der Waals surface area contributed by atoms with Gasteiger partial charge >= 0.3 is 5.95 Å². The van der Waals surface area contributed by atoms with Gasteiger partial charge in [-0.15, -0.1) is 0 Å². The lowest BCUT2D eigenvalue weighted by atomic mass is 9.91. The topological polar surface area (TPSA) is 64.0 Å². The first-order chi connectivity index (χ1) is 11.7. The minimum atomic E-state index is -1.11. The molecule has 4 rings (SSSR count). The lowest BCUT2D eigenvalue weighted by Crippen LogP contribution is -2.51. The van der Waals surface area contributed by atoms with Crippen LogP contribution in [-0.4, -0.2) is 16.1 Å². The monoisotopic (exact) mass is 321 g/mol. The standard InChI is InChI=1S/C19H21N4O/c20-13-15-7-9-16(10-8-15)19(24)14-22-12-4-11-21-18(22)23(19)17-5-2-1-3-6-17/h4,7-12,17,24H,1-3,5-6,14H2/q+1. The van der Waals surface area contributed by atoms with E-state index in [9.17, 15) is 5.11 Å². The molecule has 0 spiro atoms. The first kappa shape index (κ1) is 15.1. The number of hydrogen-bond donors (Lipinski definition) is 1. The van der Waals surface area contributed by atoms with Gasteiger partial charge in [-0.05, 0) is 25.0 Å². The van der Waals surface area contributed by atoms with Gasteiger partial charge in [0.1, 0.15) is 12.7 Å². The molecule has 1 aromatic carbocycles. The van der Waals surface area contributed by atoms with Gasteiger partial charge in [0.15, 0.2) is 0 Å². The first-order valence-electron chi connectivity index (χ1n) is 8.59. The molecular weight excluding hydrogens is 300 g/mol. The molecule has 5 nitrogen and oxygen atoms in total. The van der Waals surface area contributed by atoms with Gasteiger partial charge in [0.25, 0.3) is 0 Å². The number of fused-ring (bicyclic) bond motifs is 1. The maximum absolute atomic E-state index is 11.6. The largest absolute Gasteiger partial charge is 0.397 e. The van der Waals surface area contributed by atoms with E-state index in [4.69, 9.17) is 5.26 Å². The molecule has 1 aliphatic carbocycles. The van der Waals surface area contributed by atoms with Crippen LogP contribution in [0.3, 0.4) is 0 Å². The van der Waals surface area contributed by atoms with Gasteiger partial charge in [0.2, 0.25) is 5.72 Å². The zero-order valence-electron chi connectivity index (χ0n) is 13.6. The molecule has 2 heterocycles. The fourth-order valence-electron chi connectivity index (χ4n) is 4.04. The predicted octanol–water partition coefficient (Wildman–Crippen LogP) is 2.24. The van der Waals surface area contributed by atoms with Crippen LogP contribution in [0.2, 0.25) is 0 Å². The molecule has 2 aliphatic rings. The van der Waals surface area contributed by atoms with E-state index in [0.717, 1.165) is 24.4 Å². The van der Waals surface area contributed by atoms with Crippen LogP contribution >= 0.6 is 0 Å². The van der Waals surface area contributed by atoms with E-state index in [1.54, 1.807) is 18.3 Å². The van der Waals surface area contributed by atoms with Crippen molar-refractivity contribution >= 4 is 5.95 Å². The highest BCUT2D eigenvalue weighted by atomic mass is 16.3. The molecule has 24 heavy (non-hydrogen) atoms. The van der Waals surface area contributed by atoms with Crippen molar-refractivity contribution in [3.63, 3.8) is 0 Å². The van der Waals surface area contributed by atoms with Gasteiger partial charge in [-0.3, -0.25) is 0 Å². The molecule has 122 valence electrons. The van der Waals surface area contributed by atoms with Crippen LogP contribution in [0.5, 0.6) is 0 Å². The molecule has 1 aromatic heterocycles. The van der Waals surface area contributed by atoms with E-state index in [0.29, 0.717) is 18.2 Å². The van der Waals surface area contributed by atoms with Crippen LogP contribution in [0.1, 0.15) is 43.2 Å². The molecule has 1 unspecified atom stereocenters. The summed E-state index contributed by atoms with van der Waals surface area (Å²) < 4.78 is 2.02. The number of rotatable bonds is 2. The van der Waals surface area contributed by atoms with Crippen molar-refractivity contribution in [3.8, 4) is 6.07 Å².